The Morgan fingerprint density at radius 2 is 1.12 bits per heavy atom. The lowest BCUT2D eigenvalue weighted by molar-refractivity contribution is -0.139. The first-order valence-corrected chi connectivity index (χ1v) is 17.5. The number of cyclic esters (lactones) is 2. The van der Waals surface area contributed by atoms with Crippen molar-refractivity contribution in [2.45, 2.75) is 37.7 Å². The van der Waals surface area contributed by atoms with E-state index >= 15 is 0 Å². The SMILES string of the molecule is N#Cc1ccc(Oc2ccc(NC(=O)c3cc(COc4ccc(C5N=C(C(F)(F)F)OC5=O)cc4)ccc3COc3ccc(C4N=C(C(F)(F)F)OC4=O)cc3)cc2)cc1. The standard InChI is InChI=1S/C42H26F6N4O8/c43-41(44,45)39-51-34(37(54)59-39)25-5-13-29(14-6-25)56-21-24-1-4-27(22-57-30-15-7-26(8-16-30)35-38(55)60-40(52-35)42(46,47)48)33(19-24)36(53)50-28-9-17-32(18-10-28)58-31-11-2-23(20-49)3-12-31/h1-19,34-35H,21-22H2,(H,50,53). The number of nitrogens with zero attached hydrogens (tertiary/aromatic N) is 3. The molecule has 1 amide bonds. The molecule has 0 saturated carbocycles. The van der Waals surface area contributed by atoms with Gasteiger partial charge in [-0.2, -0.15) is 31.6 Å². The molecule has 5 aromatic rings. The summed E-state index contributed by atoms with van der Waals surface area (Å²) < 4.78 is 104. The Morgan fingerprint density at radius 3 is 1.58 bits per heavy atom. The summed E-state index contributed by atoms with van der Waals surface area (Å²) in [6.07, 6.45) is -9.83. The van der Waals surface area contributed by atoms with Gasteiger partial charge in [-0.1, -0.05) is 36.4 Å². The number of anilines is 1. The summed E-state index contributed by atoms with van der Waals surface area (Å²) in [5, 5.41) is 11.8. The van der Waals surface area contributed by atoms with Crippen LogP contribution < -0.4 is 19.5 Å². The van der Waals surface area contributed by atoms with E-state index in [1.54, 1.807) is 66.7 Å². The largest absolute Gasteiger partial charge is 0.489 e. The minimum absolute atomic E-state index is 0.0619. The summed E-state index contributed by atoms with van der Waals surface area (Å²) in [6.45, 7) is -0.209. The molecule has 0 fully saturated rings. The van der Waals surface area contributed by atoms with Gasteiger partial charge in [0.15, 0.2) is 12.1 Å². The number of hydrogen-bond donors (Lipinski definition) is 1. The van der Waals surface area contributed by atoms with Crippen molar-refractivity contribution in [2.24, 2.45) is 9.98 Å². The molecule has 2 unspecified atom stereocenters. The smallest absolute Gasteiger partial charge is 0.468 e. The predicted molar refractivity (Wildman–Crippen MR) is 198 cm³/mol. The van der Waals surface area contributed by atoms with Crippen molar-refractivity contribution < 1.29 is 64.4 Å². The Bertz CT molecular complexity index is 2530. The fourth-order valence-electron chi connectivity index (χ4n) is 5.79. The predicted octanol–water partition coefficient (Wildman–Crippen LogP) is 8.88. The molecule has 60 heavy (non-hydrogen) atoms. The lowest BCUT2D eigenvalue weighted by Gasteiger charge is -2.15. The maximum absolute atomic E-state index is 13.8. The molecule has 0 radical (unpaired) electrons. The van der Waals surface area contributed by atoms with E-state index in [2.05, 4.69) is 24.8 Å². The number of carbonyl (C=O) groups is 3. The summed E-state index contributed by atoms with van der Waals surface area (Å²) in [5.41, 5.74) is 2.32. The van der Waals surface area contributed by atoms with Crippen molar-refractivity contribution >= 4 is 35.3 Å². The van der Waals surface area contributed by atoms with Crippen LogP contribution in [0.15, 0.2) is 125 Å². The highest BCUT2D eigenvalue weighted by Gasteiger charge is 2.47. The molecule has 7 rings (SSSR count). The van der Waals surface area contributed by atoms with E-state index in [0.29, 0.717) is 39.6 Å². The molecule has 0 aliphatic carbocycles. The Kier molecular flexibility index (Phi) is 11.2. The molecular formula is C42H26F6N4O8. The first kappa shape index (κ1) is 40.5. The van der Waals surface area contributed by atoms with Crippen LogP contribution in [0.25, 0.3) is 0 Å². The number of hydrogen-bond acceptors (Lipinski definition) is 11. The lowest BCUT2D eigenvalue weighted by atomic mass is 10.0. The molecular weight excluding hydrogens is 802 g/mol. The molecule has 5 aromatic carbocycles. The van der Waals surface area contributed by atoms with Crippen LogP contribution in [-0.2, 0) is 32.3 Å². The van der Waals surface area contributed by atoms with E-state index in [-0.39, 0.29) is 35.7 Å². The number of benzene rings is 5. The number of rotatable bonds is 12. The Labute approximate surface area is 335 Å². The van der Waals surface area contributed by atoms with Gasteiger partial charge in [0, 0.05) is 16.8 Å². The molecule has 0 saturated heterocycles. The van der Waals surface area contributed by atoms with E-state index in [0.717, 1.165) is 0 Å². The number of esters is 2. The molecule has 304 valence electrons. The first-order valence-electron chi connectivity index (χ1n) is 17.5. The van der Waals surface area contributed by atoms with Crippen molar-refractivity contribution in [3.8, 4) is 29.1 Å². The van der Waals surface area contributed by atoms with Gasteiger partial charge >= 0.3 is 36.1 Å². The van der Waals surface area contributed by atoms with Gasteiger partial charge in [0.25, 0.3) is 5.91 Å². The molecule has 0 bridgehead atoms. The highest BCUT2D eigenvalue weighted by molar-refractivity contribution is 6.05. The van der Waals surface area contributed by atoms with E-state index < -0.39 is 54.1 Å². The third kappa shape index (κ3) is 9.53. The zero-order valence-electron chi connectivity index (χ0n) is 30.4. The number of halogens is 6. The van der Waals surface area contributed by atoms with E-state index in [9.17, 15) is 40.7 Å². The molecule has 2 heterocycles. The number of nitrogens with one attached hydrogen (secondary N) is 1. The van der Waals surface area contributed by atoms with Gasteiger partial charge in [-0.15, -0.1) is 0 Å². The van der Waals surface area contributed by atoms with Gasteiger partial charge in [0.2, 0.25) is 0 Å². The van der Waals surface area contributed by atoms with Gasteiger partial charge in [-0.05, 0) is 95.6 Å². The van der Waals surface area contributed by atoms with E-state index in [4.69, 9.17) is 19.5 Å². The Hall–Kier alpha value is -7.68. The number of alkyl halides is 6. The molecule has 0 spiro atoms. The van der Waals surface area contributed by atoms with Gasteiger partial charge in [-0.25, -0.2) is 19.6 Å². The van der Waals surface area contributed by atoms with Gasteiger partial charge in [0.05, 0.1) is 11.6 Å². The van der Waals surface area contributed by atoms with Crippen LogP contribution in [0.1, 0.15) is 50.3 Å². The fourth-order valence-corrected chi connectivity index (χ4v) is 5.79. The maximum Gasteiger partial charge on any atom is 0.468 e. The third-order valence-electron chi connectivity index (χ3n) is 8.76. The quantitative estimate of drug-likeness (QED) is 0.0958. The van der Waals surface area contributed by atoms with Gasteiger partial charge < -0.3 is 29.0 Å². The second kappa shape index (κ2) is 16.7. The van der Waals surface area contributed by atoms with Crippen molar-refractivity contribution in [2.75, 3.05) is 5.32 Å². The normalized spacial score (nSPS) is 16.2. The second-order valence-corrected chi connectivity index (χ2v) is 12.9. The molecule has 0 aromatic heterocycles. The summed E-state index contributed by atoms with van der Waals surface area (Å²) in [4.78, 5) is 44.6. The molecule has 18 heteroatoms. The highest BCUT2D eigenvalue weighted by Crippen LogP contribution is 2.34. The number of ether oxygens (including phenoxy) is 5. The summed E-state index contributed by atoms with van der Waals surface area (Å²) in [6, 6.07) is 28.2. The second-order valence-electron chi connectivity index (χ2n) is 12.9. The molecule has 2 atom stereocenters. The van der Waals surface area contributed by atoms with Crippen LogP contribution in [0.4, 0.5) is 32.0 Å². The van der Waals surface area contributed by atoms with Crippen LogP contribution >= 0.6 is 0 Å². The maximum atomic E-state index is 13.8. The lowest BCUT2D eigenvalue weighted by Crippen LogP contribution is -2.23. The third-order valence-corrected chi connectivity index (χ3v) is 8.76. The van der Waals surface area contributed by atoms with E-state index in [1.807, 2.05) is 6.07 Å². The fraction of sp³-hybridized carbons (Fsp3) is 0.143. The topological polar surface area (TPSA) is 158 Å². The van der Waals surface area contributed by atoms with Crippen LogP contribution in [0.5, 0.6) is 23.0 Å². The molecule has 1 N–H and O–H groups in total. The minimum atomic E-state index is -4.92. The molecule has 2 aliphatic rings. The summed E-state index contributed by atoms with van der Waals surface area (Å²) in [5.74, 6) is -4.60. The number of nitriles is 1. The van der Waals surface area contributed by atoms with Crippen LogP contribution in [0, 0.1) is 11.3 Å². The van der Waals surface area contributed by atoms with Crippen molar-refractivity contribution in [3.05, 3.63) is 149 Å². The van der Waals surface area contributed by atoms with Crippen LogP contribution in [-0.4, -0.2) is 42.0 Å². The Morgan fingerprint density at radius 1 is 0.650 bits per heavy atom. The zero-order valence-corrected chi connectivity index (χ0v) is 30.4. The van der Waals surface area contributed by atoms with Crippen LogP contribution in [0.3, 0.4) is 0 Å². The average molecular weight is 829 g/mol. The molecule has 12 nitrogen and oxygen atoms in total. The number of amides is 1. The number of carbonyl (C=O) groups excluding carboxylic acids is 3. The number of aliphatic imine (C=N–C) groups is 2. The highest BCUT2D eigenvalue weighted by atomic mass is 19.4. The van der Waals surface area contributed by atoms with Gasteiger partial charge in [0.1, 0.15) is 36.2 Å². The summed E-state index contributed by atoms with van der Waals surface area (Å²) in [7, 11) is 0. The van der Waals surface area contributed by atoms with Crippen LogP contribution in [0.2, 0.25) is 0 Å². The van der Waals surface area contributed by atoms with Crippen molar-refractivity contribution in [3.63, 3.8) is 0 Å². The van der Waals surface area contributed by atoms with E-state index in [1.165, 1.54) is 48.5 Å². The molecule has 2 aliphatic heterocycles. The monoisotopic (exact) mass is 828 g/mol. The van der Waals surface area contributed by atoms with Crippen molar-refractivity contribution in [1.82, 2.24) is 0 Å². The van der Waals surface area contributed by atoms with Gasteiger partial charge in [-0.3, -0.25) is 4.79 Å². The first-order chi connectivity index (χ1) is 28.6. The van der Waals surface area contributed by atoms with Crippen molar-refractivity contribution in [1.29, 1.82) is 5.26 Å². The Balaban J connectivity index is 1.06. The summed E-state index contributed by atoms with van der Waals surface area (Å²) >= 11 is 0. The average Bonchev–Trinajstić information content (AvgIpc) is 3.84. The minimum Gasteiger partial charge on any atom is -0.489 e. The zero-order chi connectivity index (χ0) is 42.6.